The van der Waals surface area contributed by atoms with Gasteiger partial charge in [-0.25, -0.2) is 12.7 Å². The molecular formula is C18H28N2O5S. The SMILES string of the molecule is CCS(=O)(=O)N1CCC[C@H](C(=O)N[C@@H](C)c2cc(OC)ccc2OC)C1. The van der Waals surface area contributed by atoms with Crippen molar-refractivity contribution in [1.29, 1.82) is 0 Å². The van der Waals surface area contributed by atoms with Crippen LogP contribution in [0.15, 0.2) is 18.2 Å². The van der Waals surface area contributed by atoms with E-state index in [2.05, 4.69) is 5.32 Å². The lowest BCUT2D eigenvalue weighted by Crippen LogP contribution is -2.46. The van der Waals surface area contributed by atoms with Crippen LogP contribution in [-0.4, -0.2) is 51.7 Å². The Morgan fingerprint density at radius 1 is 1.35 bits per heavy atom. The first-order valence-corrected chi connectivity index (χ1v) is 10.4. The van der Waals surface area contributed by atoms with E-state index in [0.717, 1.165) is 5.56 Å². The highest BCUT2D eigenvalue weighted by Crippen LogP contribution is 2.30. The monoisotopic (exact) mass is 384 g/mol. The molecule has 0 radical (unpaired) electrons. The number of methoxy groups -OCH3 is 2. The minimum Gasteiger partial charge on any atom is -0.497 e. The molecule has 1 N–H and O–H groups in total. The molecule has 26 heavy (non-hydrogen) atoms. The van der Waals surface area contributed by atoms with Crippen molar-refractivity contribution < 1.29 is 22.7 Å². The number of amides is 1. The fourth-order valence-electron chi connectivity index (χ4n) is 3.18. The van der Waals surface area contributed by atoms with Gasteiger partial charge in [-0.2, -0.15) is 0 Å². The second-order valence-corrected chi connectivity index (χ2v) is 8.69. The van der Waals surface area contributed by atoms with Gasteiger partial charge in [0.05, 0.1) is 31.9 Å². The Bertz CT molecular complexity index is 735. The van der Waals surface area contributed by atoms with E-state index in [1.54, 1.807) is 33.3 Å². The summed E-state index contributed by atoms with van der Waals surface area (Å²) in [6.07, 6.45) is 1.37. The first-order valence-electron chi connectivity index (χ1n) is 8.82. The van der Waals surface area contributed by atoms with Gasteiger partial charge in [0, 0.05) is 18.7 Å². The molecule has 2 rings (SSSR count). The molecule has 1 amide bonds. The first kappa shape index (κ1) is 20.5. The third-order valence-electron chi connectivity index (χ3n) is 4.78. The van der Waals surface area contributed by atoms with E-state index in [4.69, 9.17) is 9.47 Å². The Morgan fingerprint density at radius 2 is 2.08 bits per heavy atom. The van der Waals surface area contributed by atoms with Gasteiger partial charge in [-0.15, -0.1) is 0 Å². The molecule has 1 saturated heterocycles. The van der Waals surface area contributed by atoms with Gasteiger partial charge in [0.25, 0.3) is 0 Å². The van der Waals surface area contributed by atoms with Gasteiger partial charge in [-0.05, 0) is 44.9 Å². The number of hydrogen-bond donors (Lipinski definition) is 1. The summed E-state index contributed by atoms with van der Waals surface area (Å²) in [6, 6.07) is 5.14. The second-order valence-electron chi connectivity index (χ2n) is 6.44. The van der Waals surface area contributed by atoms with Crippen LogP contribution < -0.4 is 14.8 Å². The Morgan fingerprint density at radius 3 is 2.69 bits per heavy atom. The highest BCUT2D eigenvalue weighted by atomic mass is 32.2. The Hall–Kier alpha value is -1.80. The zero-order valence-electron chi connectivity index (χ0n) is 15.8. The minimum absolute atomic E-state index is 0.0543. The average Bonchev–Trinajstić information content (AvgIpc) is 2.67. The van der Waals surface area contributed by atoms with Crippen LogP contribution >= 0.6 is 0 Å². The quantitative estimate of drug-likeness (QED) is 0.777. The van der Waals surface area contributed by atoms with Gasteiger partial charge in [-0.1, -0.05) is 0 Å². The maximum atomic E-state index is 12.7. The summed E-state index contributed by atoms with van der Waals surface area (Å²) in [4.78, 5) is 12.7. The smallest absolute Gasteiger partial charge is 0.224 e. The van der Waals surface area contributed by atoms with Crippen LogP contribution in [0.3, 0.4) is 0 Å². The zero-order chi connectivity index (χ0) is 19.3. The van der Waals surface area contributed by atoms with Gasteiger partial charge in [-0.3, -0.25) is 4.79 Å². The van der Waals surface area contributed by atoms with Crippen LogP contribution in [-0.2, 0) is 14.8 Å². The Kier molecular flexibility index (Phi) is 6.88. The number of ether oxygens (including phenoxy) is 2. The summed E-state index contributed by atoms with van der Waals surface area (Å²) < 4.78 is 36.2. The number of rotatable bonds is 7. The van der Waals surface area contributed by atoms with Gasteiger partial charge >= 0.3 is 0 Å². The van der Waals surface area contributed by atoms with Gasteiger partial charge in [0.2, 0.25) is 15.9 Å². The summed E-state index contributed by atoms with van der Waals surface area (Å²) in [5, 5.41) is 2.99. The van der Waals surface area contributed by atoms with E-state index in [0.29, 0.717) is 30.9 Å². The molecule has 0 bridgehead atoms. The number of sulfonamides is 1. The van der Waals surface area contributed by atoms with Crippen molar-refractivity contribution in [3.8, 4) is 11.5 Å². The summed E-state index contributed by atoms with van der Waals surface area (Å²) in [6.45, 7) is 4.22. The van der Waals surface area contributed by atoms with Crippen molar-refractivity contribution in [1.82, 2.24) is 9.62 Å². The maximum Gasteiger partial charge on any atom is 0.224 e. The molecule has 1 aromatic carbocycles. The normalized spacial score (nSPS) is 19.6. The van der Waals surface area contributed by atoms with Crippen molar-refractivity contribution in [2.24, 2.45) is 5.92 Å². The van der Waals surface area contributed by atoms with Crippen molar-refractivity contribution in [3.63, 3.8) is 0 Å². The molecule has 0 aliphatic carbocycles. The molecule has 0 saturated carbocycles. The summed E-state index contributed by atoms with van der Waals surface area (Å²) >= 11 is 0. The third-order valence-corrected chi connectivity index (χ3v) is 6.62. The van der Waals surface area contributed by atoms with E-state index < -0.39 is 10.0 Å². The summed E-state index contributed by atoms with van der Waals surface area (Å²) in [7, 11) is -0.110. The van der Waals surface area contributed by atoms with Crippen LogP contribution in [0.1, 0.15) is 38.3 Å². The molecule has 7 nitrogen and oxygen atoms in total. The van der Waals surface area contributed by atoms with Gasteiger partial charge in [0.1, 0.15) is 11.5 Å². The maximum absolute atomic E-state index is 12.7. The fraction of sp³-hybridized carbons (Fsp3) is 0.611. The van der Waals surface area contributed by atoms with E-state index in [1.165, 1.54) is 4.31 Å². The third kappa shape index (κ3) is 4.67. The molecule has 8 heteroatoms. The average molecular weight is 384 g/mol. The number of benzene rings is 1. The molecular weight excluding hydrogens is 356 g/mol. The summed E-state index contributed by atoms with van der Waals surface area (Å²) in [5.41, 5.74) is 0.814. The molecule has 1 aliphatic heterocycles. The van der Waals surface area contributed by atoms with Crippen LogP contribution in [0.2, 0.25) is 0 Å². The predicted molar refractivity (Wildman–Crippen MR) is 99.9 cm³/mol. The molecule has 0 spiro atoms. The van der Waals surface area contributed by atoms with E-state index >= 15 is 0 Å². The number of carbonyl (C=O) groups is 1. The highest BCUT2D eigenvalue weighted by Gasteiger charge is 2.32. The Balaban J connectivity index is 2.09. The van der Waals surface area contributed by atoms with E-state index in [-0.39, 0.29) is 30.2 Å². The topological polar surface area (TPSA) is 84.9 Å². The number of carbonyl (C=O) groups excluding carboxylic acids is 1. The van der Waals surface area contributed by atoms with Crippen molar-refractivity contribution in [2.45, 2.75) is 32.7 Å². The van der Waals surface area contributed by atoms with Crippen LogP contribution in [0, 0.1) is 5.92 Å². The molecule has 1 aliphatic rings. The van der Waals surface area contributed by atoms with E-state index in [1.807, 2.05) is 13.0 Å². The van der Waals surface area contributed by atoms with Crippen LogP contribution in [0.25, 0.3) is 0 Å². The Labute approximate surface area is 155 Å². The lowest BCUT2D eigenvalue weighted by Gasteiger charge is -2.31. The van der Waals surface area contributed by atoms with Crippen molar-refractivity contribution >= 4 is 15.9 Å². The van der Waals surface area contributed by atoms with Crippen molar-refractivity contribution in [2.75, 3.05) is 33.1 Å². The van der Waals surface area contributed by atoms with E-state index in [9.17, 15) is 13.2 Å². The lowest BCUT2D eigenvalue weighted by molar-refractivity contribution is -0.126. The largest absolute Gasteiger partial charge is 0.497 e. The summed E-state index contributed by atoms with van der Waals surface area (Å²) in [5.74, 6) is 0.915. The molecule has 0 aromatic heterocycles. The number of piperidine rings is 1. The highest BCUT2D eigenvalue weighted by molar-refractivity contribution is 7.89. The predicted octanol–water partition coefficient (Wildman–Crippen LogP) is 1.94. The first-order chi connectivity index (χ1) is 12.3. The second kappa shape index (κ2) is 8.73. The molecule has 1 fully saturated rings. The zero-order valence-corrected chi connectivity index (χ0v) is 16.6. The molecule has 1 heterocycles. The van der Waals surface area contributed by atoms with Gasteiger partial charge < -0.3 is 14.8 Å². The molecule has 2 atom stereocenters. The van der Waals surface area contributed by atoms with Crippen molar-refractivity contribution in [3.05, 3.63) is 23.8 Å². The molecule has 1 aromatic rings. The number of nitrogens with one attached hydrogen (secondary N) is 1. The van der Waals surface area contributed by atoms with Gasteiger partial charge in [0.15, 0.2) is 0 Å². The number of hydrogen-bond acceptors (Lipinski definition) is 5. The molecule has 146 valence electrons. The number of nitrogens with zero attached hydrogens (tertiary/aromatic N) is 1. The lowest BCUT2D eigenvalue weighted by atomic mass is 9.97. The standard InChI is InChI=1S/C18H28N2O5S/c1-5-26(22,23)20-10-6-7-14(12-20)18(21)19-13(2)16-11-15(24-3)8-9-17(16)25-4/h8-9,11,13-14H,5-7,10,12H2,1-4H3,(H,19,21)/t13-,14-/m0/s1. The molecule has 0 unspecified atom stereocenters. The van der Waals surface area contributed by atoms with Crippen LogP contribution in [0.4, 0.5) is 0 Å². The van der Waals surface area contributed by atoms with Crippen LogP contribution in [0.5, 0.6) is 11.5 Å². The fourth-order valence-corrected chi connectivity index (χ4v) is 4.36. The minimum atomic E-state index is -3.27.